The van der Waals surface area contributed by atoms with E-state index in [9.17, 15) is 4.79 Å². The van der Waals surface area contributed by atoms with Crippen molar-refractivity contribution < 1.29 is 4.74 Å². The lowest BCUT2D eigenvalue weighted by molar-refractivity contribution is 0.414. The average molecular weight is 366 g/mol. The predicted molar refractivity (Wildman–Crippen MR) is 108 cm³/mol. The Hall–Kier alpha value is -2.76. The first-order chi connectivity index (χ1) is 13.1. The highest BCUT2D eigenvalue weighted by Crippen LogP contribution is 2.33. The lowest BCUT2D eigenvalue weighted by atomic mass is 10.1. The lowest BCUT2D eigenvalue weighted by Crippen LogP contribution is -2.41. The molecule has 27 heavy (non-hydrogen) atoms. The normalized spacial score (nSPS) is 13.6. The van der Waals surface area contributed by atoms with Gasteiger partial charge in [-0.05, 0) is 50.1 Å². The second kappa shape index (κ2) is 6.76. The summed E-state index contributed by atoms with van der Waals surface area (Å²) in [6.45, 7) is 7.99. The number of benzene rings is 1. The number of rotatable bonds is 5. The molecule has 3 heterocycles. The molecule has 0 bridgehead atoms. The number of aryl methyl sites for hydroxylation is 1. The monoisotopic (exact) mass is 366 g/mol. The van der Waals surface area contributed by atoms with Crippen LogP contribution in [0.25, 0.3) is 16.9 Å². The van der Waals surface area contributed by atoms with Crippen LogP contribution >= 0.6 is 0 Å². The van der Waals surface area contributed by atoms with Gasteiger partial charge >= 0.3 is 5.69 Å². The summed E-state index contributed by atoms with van der Waals surface area (Å²) in [5.74, 6) is 0.768. The van der Waals surface area contributed by atoms with Gasteiger partial charge in [0.1, 0.15) is 11.3 Å². The zero-order valence-corrected chi connectivity index (χ0v) is 16.4. The second-order valence-electron chi connectivity index (χ2n) is 7.09. The molecule has 6 heteroatoms. The molecule has 2 aromatic heterocycles. The van der Waals surface area contributed by atoms with Gasteiger partial charge in [0.05, 0.1) is 18.5 Å². The fourth-order valence-corrected chi connectivity index (χ4v) is 4.18. The van der Waals surface area contributed by atoms with E-state index >= 15 is 0 Å². The molecular formula is C21H26N4O2. The fraction of sp³-hybridized carbons (Fsp3) is 0.429. The van der Waals surface area contributed by atoms with Gasteiger partial charge in [0, 0.05) is 24.8 Å². The predicted octanol–water partition coefficient (Wildman–Crippen LogP) is 3.51. The SMILES string of the molecule is CCC(CC)N1CCn2c(=O)n(-c3ccc(OC)cc3)c3nc(C)cc1c32. The molecule has 0 spiro atoms. The first kappa shape index (κ1) is 17.6. The van der Waals surface area contributed by atoms with E-state index in [1.165, 1.54) is 0 Å². The van der Waals surface area contributed by atoms with Gasteiger partial charge < -0.3 is 9.64 Å². The second-order valence-corrected chi connectivity index (χ2v) is 7.09. The number of imidazole rings is 1. The van der Waals surface area contributed by atoms with Crippen molar-refractivity contribution in [3.8, 4) is 11.4 Å². The van der Waals surface area contributed by atoms with Crippen molar-refractivity contribution >= 4 is 16.9 Å². The quantitative estimate of drug-likeness (QED) is 0.693. The van der Waals surface area contributed by atoms with E-state index in [-0.39, 0.29) is 5.69 Å². The van der Waals surface area contributed by atoms with Crippen LogP contribution in [0.2, 0.25) is 0 Å². The highest BCUT2D eigenvalue weighted by atomic mass is 16.5. The number of aromatic nitrogens is 3. The molecule has 0 fully saturated rings. The molecule has 0 radical (unpaired) electrons. The van der Waals surface area contributed by atoms with Gasteiger partial charge in [-0.15, -0.1) is 0 Å². The first-order valence-electron chi connectivity index (χ1n) is 9.63. The highest BCUT2D eigenvalue weighted by Gasteiger charge is 2.28. The number of anilines is 1. The Bertz CT molecular complexity index is 1030. The Labute approximate surface area is 159 Å². The van der Waals surface area contributed by atoms with Crippen LogP contribution in [-0.4, -0.2) is 33.8 Å². The number of nitrogens with zero attached hydrogens (tertiary/aromatic N) is 4. The molecule has 0 saturated heterocycles. The van der Waals surface area contributed by atoms with Crippen LogP contribution in [0.3, 0.4) is 0 Å². The number of pyridine rings is 1. The minimum atomic E-state index is -0.0290. The van der Waals surface area contributed by atoms with Crippen LogP contribution in [0.15, 0.2) is 35.1 Å². The van der Waals surface area contributed by atoms with Gasteiger partial charge in [-0.2, -0.15) is 0 Å². The molecule has 1 aromatic carbocycles. The van der Waals surface area contributed by atoms with Gasteiger partial charge in [0.2, 0.25) is 0 Å². The van der Waals surface area contributed by atoms with E-state index in [1.807, 2.05) is 35.8 Å². The zero-order chi connectivity index (χ0) is 19.1. The molecule has 6 nitrogen and oxygen atoms in total. The maximum absolute atomic E-state index is 13.2. The molecule has 0 saturated carbocycles. The molecule has 4 rings (SSSR count). The Morgan fingerprint density at radius 2 is 1.85 bits per heavy atom. The maximum atomic E-state index is 13.2. The molecule has 0 N–H and O–H groups in total. The third kappa shape index (κ3) is 2.71. The van der Waals surface area contributed by atoms with Crippen LogP contribution < -0.4 is 15.3 Å². The summed E-state index contributed by atoms with van der Waals surface area (Å²) in [6, 6.07) is 10.2. The summed E-state index contributed by atoms with van der Waals surface area (Å²) in [6.07, 6.45) is 2.17. The largest absolute Gasteiger partial charge is 0.497 e. The summed E-state index contributed by atoms with van der Waals surface area (Å²) < 4.78 is 8.85. The van der Waals surface area contributed by atoms with Crippen LogP contribution in [0, 0.1) is 6.92 Å². The van der Waals surface area contributed by atoms with E-state index in [0.717, 1.165) is 53.4 Å². The van der Waals surface area contributed by atoms with Crippen molar-refractivity contribution in [3.63, 3.8) is 0 Å². The van der Waals surface area contributed by atoms with Crippen molar-refractivity contribution in [1.82, 2.24) is 14.1 Å². The Morgan fingerprint density at radius 3 is 2.48 bits per heavy atom. The summed E-state index contributed by atoms with van der Waals surface area (Å²) in [5.41, 5.74) is 4.51. The van der Waals surface area contributed by atoms with Crippen molar-refractivity contribution in [2.75, 3.05) is 18.6 Å². The average Bonchev–Trinajstić information content (AvgIpc) is 2.96. The first-order valence-corrected chi connectivity index (χ1v) is 9.63. The Kier molecular flexibility index (Phi) is 4.42. The van der Waals surface area contributed by atoms with Crippen LogP contribution in [0.4, 0.5) is 5.69 Å². The Balaban J connectivity index is 1.98. The lowest BCUT2D eigenvalue weighted by Gasteiger charge is -2.36. The van der Waals surface area contributed by atoms with Crippen molar-refractivity contribution in [2.24, 2.45) is 0 Å². The molecule has 1 aliphatic heterocycles. The number of ether oxygens (including phenoxy) is 1. The number of hydrogen-bond acceptors (Lipinski definition) is 4. The minimum Gasteiger partial charge on any atom is -0.497 e. The van der Waals surface area contributed by atoms with Gasteiger partial charge in [0.25, 0.3) is 0 Å². The van der Waals surface area contributed by atoms with Gasteiger partial charge in [0.15, 0.2) is 5.65 Å². The molecule has 142 valence electrons. The topological polar surface area (TPSA) is 52.3 Å². The summed E-state index contributed by atoms with van der Waals surface area (Å²) in [5, 5.41) is 0. The molecule has 0 atom stereocenters. The van der Waals surface area contributed by atoms with Crippen molar-refractivity contribution in [3.05, 3.63) is 46.5 Å². The van der Waals surface area contributed by atoms with Gasteiger partial charge in [-0.25, -0.2) is 14.3 Å². The third-order valence-electron chi connectivity index (χ3n) is 5.57. The Morgan fingerprint density at radius 1 is 1.15 bits per heavy atom. The highest BCUT2D eigenvalue weighted by molar-refractivity contribution is 5.89. The maximum Gasteiger partial charge on any atom is 0.335 e. The summed E-state index contributed by atoms with van der Waals surface area (Å²) in [4.78, 5) is 20.4. The van der Waals surface area contributed by atoms with Crippen LogP contribution in [0.5, 0.6) is 5.75 Å². The van der Waals surface area contributed by atoms with E-state index in [2.05, 4.69) is 24.8 Å². The number of methoxy groups -OCH3 is 1. The molecule has 0 aliphatic carbocycles. The molecule has 0 amide bonds. The third-order valence-corrected chi connectivity index (χ3v) is 5.57. The van der Waals surface area contributed by atoms with Gasteiger partial charge in [-0.3, -0.25) is 4.57 Å². The molecular weight excluding hydrogens is 340 g/mol. The minimum absolute atomic E-state index is 0.0290. The van der Waals surface area contributed by atoms with Crippen molar-refractivity contribution in [2.45, 2.75) is 46.2 Å². The molecule has 0 unspecified atom stereocenters. The summed E-state index contributed by atoms with van der Waals surface area (Å²) in [7, 11) is 1.64. The van der Waals surface area contributed by atoms with E-state index in [4.69, 9.17) is 9.72 Å². The van der Waals surface area contributed by atoms with E-state index < -0.39 is 0 Å². The molecule has 3 aromatic rings. The van der Waals surface area contributed by atoms with Crippen LogP contribution in [-0.2, 0) is 6.54 Å². The summed E-state index contributed by atoms with van der Waals surface area (Å²) >= 11 is 0. The van der Waals surface area contributed by atoms with Crippen molar-refractivity contribution in [1.29, 1.82) is 0 Å². The standard InChI is InChI=1S/C21H26N4O2/c1-5-15(6-2)23-11-12-24-19-18(23)13-14(3)22-20(19)25(21(24)26)16-7-9-17(27-4)10-8-16/h7-10,13,15H,5-6,11-12H2,1-4H3. The van der Waals surface area contributed by atoms with Gasteiger partial charge in [-0.1, -0.05) is 13.8 Å². The number of hydrogen-bond donors (Lipinski definition) is 0. The van der Waals surface area contributed by atoms with E-state index in [1.54, 1.807) is 11.7 Å². The van der Waals surface area contributed by atoms with E-state index in [0.29, 0.717) is 12.6 Å². The fourth-order valence-electron chi connectivity index (χ4n) is 4.18. The molecule has 1 aliphatic rings. The van der Waals surface area contributed by atoms with Crippen LogP contribution in [0.1, 0.15) is 32.4 Å². The smallest absolute Gasteiger partial charge is 0.335 e. The zero-order valence-electron chi connectivity index (χ0n) is 16.4.